The van der Waals surface area contributed by atoms with Crippen LogP contribution in [-0.2, 0) is 5.41 Å². The highest BCUT2D eigenvalue weighted by molar-refractivity contribution is 9.11. The van der Waals surface area contributed by atoms with Crippen molar-refractivity contribution in [3.8, 4) is 0 Å². The number of aromatic nitrogens is 1. The average molecular weight is 234 g/mol. The highest BCUT2D eigenvalue weighted by atomic mass is 79.9. The van der Waals surface area contributed by atoms with Gasteiger partial charge in [0.2, 0.25) is 0 Å². The minimum absolute atomic E-state index is 0.182. The monoisotopic (exact) mass is 233 g/mol. The number of hydrogen-bond acceptors (Lipinski definition) is 2. The lowest BCUT2D eigenvalue weighted by molar-refractivity contribution is 0.584. The zero-order valence-electron chi connectivity index (χ0n) is 7.23. The second-order valence-electron chi connectivity index (χ2n) is 3.63. The smallest absolute Gasteiger partial charge is 0.0993 e. The van der Waals surface area contributed by atoms with E-state index < -0.39 is 0 Å². The molecule has 0 saturated heterocycles. The molecule has 0 amide bonds. The third kappa shape index (κ3) is 2.03. The molecular formula is C8H12BrNS. The summed E-state index contributed by atoms with van der Waals surface area (Å²) in [6.07, 6.45) is 0. The fourth-order valence-corrected chi connectivity index (χ4v) is 2.10. The Morgan fingerprint density at radius 3 is 2.09 bits per heavy atom. The molecule has 0 spiro atoms. The minimum atomic E-state index is 0.182. The summed E-state index contributed by atoms with van der Waals surface area (Å²) < 4.78 is 1.16. The molecule has 0 saturated carbocycles. The third-order valence-electron chi connectivity index (χ3n) is 1.38. The summed E-state index contributed by atoms with van der Waals surface area (Å²) in [6, 6.07) is 0. The van der Waals surface area contributed by atoms with E-state index in [1.165, 1.54) is 5.01 Å². The number of nitrogens with zero attached hydrogens (tertiary/aromatic N) is 1. The van der Waals surface area contributed by atoms with Gasteiger partial charge in [-0.3, -0.25) is 0 Å². The summed E-state index contributed by atoms with van der Waals surface area (Å²) in [6.45, 7) is 8.56. The van der Waals surface area contributed by atoms with Gasteiger partial charge in [0, 0.05) is 5.41 Å². The van der Waals surface area contributed by atoms with Gasteiger partial charge >= 0.3 is 0 Å². The first-order chi connectivity index (χ1) is 4.91. The van der Waals surface area contributed by atoms with Crippen molar-refractivity contribution in [3.05, 3.63) is 14.5 Å². The Morgan fingerprint density at radius 1 is 1.36 bits per heavy atom. The van der Waals surface area contributed by atoms with Crippen LogP contribution < -0.4 is 0 Å². The molecule has 1 aromatic rings. The van der Waals surface area contributed by atoms with Crippen molar-refractivity contribution in [1.29, 1.82) is 0 Å². The van der Waals surface area contributed by atoms with Crippen molar-refractivity contribution in [3.63, 3.8) is 0 Å². The number of rotatable bonds is 0. The molecule has 0 N–H and O–H groups in total. The summed E-state index contributed by atoms with van der Waals surface area (Å²) in [5.74, 6) is 0. The normalized spacial score (nSPS) is 12.1. The molecular weight excluding hydrogens is 222 g/mol. The van der Waals surface area contributed by atoms with Gasteiger partial charge in [0.25, 0.3) is 0 Å². The van der Waals surface area contributed by atoms with E-state index in [1.54, 1.807) is 11.3 Å². The molecule has 1 nitrogen and oxygen atoms in total. The maximum absolute atomic E-state index is 4.45. The molecule has 1 aromatic heterocycles. The molecule has 1 heterocycles. The maximum atomic E-state index is 4.45. The Kier molecular flexibility index (Phi) is 2.40. The number of thiazole rings is 1. The predicted octanol–water partition coefficient (Wildman–Crippen LogP) is 3.51. The van der Waals surface area contributed by atoms with Crippen LogP contribution in [0.1, 0.15) is 31.5 Å². The van der Waals surface area contributed by atoms with Crippen molar-refractivity contribution in [2.75, 3.05) is 0 Å². The molecule has 3 heteroatoms. The van der Waals surface area contributed by atoms with Gasteiger partial charge in [-0.05, 0) is 22.9 Å². The van der Waals surface area contributed by atoms with Crippen LogP contribution in [0, 0.1) is 6.92 Å². The largest absolute Gasteiger partial charge is 0.245 e. The SMILES string of the molecule is Cc1nc(C(C)(C)C)sc1Br. The fourth-order valence-electron chi connectivity index (χ4n) is 0.699. The molecule has 0 bridgehead atoms. The highest BCUT2D eigenvalue weighted by Gasteiger charge is 2.18. The molecule has 1 rings (SSSR count). The molecule has 62 valence electrons. The fraction of sp³-hybridized carbons (Fsp3) is 0.625. The summed E-state index contributed by atoms with van der Waals surface area (Å²) >= 11 is 5.19. The quantitative estimate of drug-likeness (QED) is 0.669. The molecule has 0 aliphatic carbocycles. The molecule has 0 atom stereocenters. The second-order valence-corrected chi connectivity index (χ2v) is 5.95. The Labute approximate surface area is 80.0 Å². The van der Waals surface area contributed by atoms with Crippen molar-refractivity contribution in [1.82, 2.24) is 4.98 Å². The van der Waals surface area contributed by atoms with E-state index in [2.05, 4.69) is 41.7 Å². The lowest BCUT2D eigenvalue weighted by atomic mass is 9.98. The van der Waals surface area contributed by atoms with Crippen molar-refractivity contribution < 1.29 is 0 Å². The lowest BCUT2D eigenvalue weighted by Gasteiger charge is -2.13. The zero-order valence-corrected chi connectivity index (χ0v) is 9.64. The van der Waals surface area contributed by atoms with Gasteiger partial charge in [-0.25, -0.2) is 4.98 Å². The first-order valence-electron chi connectivity index (χ1n) is 3.54. The van der Waals surface area contributed by atoms with Gasteiger partial charge in [0.05, 0.1) is 14.5 Å². The predicted molar refractivity (Wildman–Crippen MR) is 53.3 cm³/mol. The Balaban J connectivity index is 3.08. The van der Waals surface area contributed by atoms with E-state index in [4.69, 9.17) is 0 Å². The Hall–Kier alpha value is 0.110. The van der Waals surface area contributed by atoms with E-state index in [9.17, 15) is 0 Å². The van der Waals surface area contributed by atoms with Gasteiger partial charge in [0.1, 0.15) is 0 Å². The van der Waals surface area contributed by atoms with Crippen LogP contribution in [0.15, 0.2) is 3.79 Å². The molecule has 11 heavy (non-hydrogen) atoms. The summed E-state index contributed by atoms with van der Waals surface area (Å²) in [5, 5.41) is 1.20. The Morgan fingerprint density at radius 2 is 1.91 bits per heavy atom. The third-order valence-corrected chi connectivity index (χ3v) is 3.81. The minimum Gasteiger partial charge on any atom is -0.245 e. The van der Waals surface area contributed by atoms with Crippen molar-refractivity contribution in [2.24, 2.45) is 0 Å². The first kappa shape index (κ1) is 9.20. The Bertz CT molecular complexity index is 240. The van der Waals surface area contributed by atoms with Crippen LogP contribution in [-0.4, -0.2) is 4.98 Å². The zero-order chi connectivity index (χ0) is 8.65. The second kappa shape index (κ2) is 2.87. The number of aryl methyl sites for hydroxylation is 1. The molecule has 0 radical (unpaired) electrons. The standard InChI is InChI=1S/C8H12BrNS/c1-5-6(9)11-7(10-5)8(2,3)4/h1-4H3. The van der Waals surface area contributed by atoms with E-state index in [0.29, 0.717) is 0 Å². The summed E-state index contributed by atoms with van der Waals surface area (Å²) in [7, 11) is 0. The lowest BCUT2D eigenvalue weighted by Crippen LogP contribution is -2.10. The number of halogens is 1. The van der Waals surface area contributed by atoms with E-state index in [1.807, 2.05) is 6.92 Å². The van der Waals surface area contributed by atoms with Crippen LogP contribution in [0.2, 0.25) is 0 Å². The highest BCUT2D eigenvalue weighted by Crippen LogP contribution is 2.31. The first-order valence-corrected chi connectivity index (χ1v) is 5.15. The van der Waals surface area contributed by atoms with Crippen LogP contribution in [0.4, 0.5) is 0 Å². The topological polar surface area (TPSA) is 12.9 Å². The van der Waals surface area contributed by atoms with E-state index in [-0.39, 0.29) is 5.41 Å². The van der Waals surface area contributed by atoms with Crippen LogP contribution in [0.5, 0.6) is 0 Å². The van der Waals surface area contributed by atoms with Crippen molar-refractivity contribution in [2.45, 2.75) is 33.1 Å². The molecule has 0 fully saturated rings. The van der Waals surface area contributed by atoms with Crippen LogP contribution in [0.3, 0.4) is 0 Å². The van der Waals surface area contributed by atoms with E-state index >= 15 is 0 Å². The van der Waals surface area contributed by atoms with Crippen molar-refractivity contribution >= 4 is 27.3 Å². The summed E-state index contributed by atoms with van der Waals surface area (Å²) in [5.41, 5.74) is 1.28. The maximum Gasteiger partial charge on any atom is 0.0993 e. The summed E-state index contributed by atoms with van der Waals surface area (Å²) in [4.78, 5) is 4.45. The van der Waals surface area contributed by atoms with Crippen LogP contribution in [0.25, 0.3) is 0 Å². The number of hydrogen-bond donors (Lipinski definition) is 0. The van der Waals surface area contributed by atoms with Crippen LogP contribution >= 0.6 is 27.3 Å². The molecule has 0 unspecified atom stereocenters. The molecule has 0 aliphatic rings. The average Bonchev–Trinajstić information content (AvgIpc) is 2.11. The molecule has 0 aromatic carbocycles. The van der Waals surface area contributed by atoms with Gasteiger partial charge in [0.15, 0.2) is 0 Å². The van der Waals surface area contributed by atoms with Gasteiger partial charge in [-0.1, -0.05) is 20.8 Å². The van der Waals surface area contributed by atoms with Gasteiger partial charge in [-0.2, -0.15) is 0 Å². The molecule has 0 aliphatic heterocycles. The van der Waals surface area contributed by atoms with Gasteiger partial charge < -0.3 is 0 Å². The van der Waals surface area contributed by atoms with E-state index in [0.717, 1.165) is 9.48 Å². The van der Waals surface area contributed by atoms with Gasteiger partial charge in [-0.15, -0.1) is 11.3 Å².